The Morgan fingerprint density at radius 3 is 2.83 bits per heavy atom. The van der Waals surface area contributed by atoms with Gasteiger partial charge in [0.2, 0.25) is 0 Å². The summed E-state index contributed by atoms with van der Waals surface area (Å²) in [6.45, 7) is 4.33. The van der Waals surface area contributed by atoms with Crippen molar-refractivity contribution in [2.45, 2.75) is 20.3 Å². The first-order valence-corrected chi connectivity index (χ1v) is 6.02. The van der Waals surface area contributed by atoms with Gasteiger partial charge in [-0.05, 0) is 31.6 Å². The van der Waals surface area contributed by atoms with E-state index in [9.17, 15) is 0 Å². The second-order valence-electron chi connectivity index (χ2n) is 2.78. The normalized spacial score (nSPS) is 12.1. The Kier molecular flexibility index (Phi) is 4.02. The highest BCUT2D eigenvalue weighted by atomic mass is 79.9. The molecule has 0 saturated heterocycles. The molecule has 0 atom stereocenters. The highest BCUT2D eigenvalue weighted by Gasteiger charge is 1.95. The summed E-state index contributed by atoms with van der Waals surface area (Å²) in [5.41, 5.74) is 1.37. The molecular weight excluding hydrogens is 232 g/mol. The zero-order valence-corrected chi connectivity index (χ0v) is 9.83. The minimum absolute atomic E-state index is 0.965. The predicted molar refractivity (Wildman–Crippen MR) is 61.1 cm³/mol. The van der Waals surface area contributed by atoms with E-state index in [2.05, 4.69) is 48.0 Å². The molecule has 0 amide bonds. The first-order chi connectivity index (χ1) is 5.76. The summed E-state index contributed by atoms with van der Waals surface area (Å²) in [5, 5.41) is 0.965. The van der Waals surface area contributed by atoms with Gasteiger partial charge in [-0.25, -0.2) is 0 Å². The fraction of sp³-hybridized carbons (Fsp3) is 0.400. The van der Waals surface area contributed by atoms with Crippen LogP contribution in [0.15, 0.2) is 17.7 Å². The van der Waals surface area contributed by atoms with Crippen LogP contribution in [0.25, 0.3) is 6.08 Å². The average Bonchev–Trinajstić information content (AvgIpc) is 2.52. The molecule has 0 bridgehead atoms. The summed E-state index contributed by atoms with van der Waals surface area (Å²) in [5.74, 6) is 0. The van der Waals surface area contributed by atoms with E-state index in [4.69, 9.17) is 0 Å². The minimum atomic E-state index is 0.965. The smallest absolute Gasteiger partial charge is 0.0272 e. The van der Waals surface area contributed by atoms with Crippen molar-refractivity contribution in [2.24, 2.45) is 0 Å². The van der Waals surface area contributed by atoms with E-state index in [1.165, 1.54) is 15.3 Å². The van der Waals surface area contributed by atoms with Crippen molar-refractivity contribution >= 4 is 33.3 Å². The summed E-state index contributed by atoms with van der Waals surface area (Å²) in [7, 11) is 0. The maximum atomic E-state index is 3.43. The molecule has 0 N–H and O–H groups in total. The van der Waals surface area contributed by atoms with Crippen molar-refractivity contribution in [3.63, 3.8) is 0 Å². The Balaban J connectivity index is 2.76. The highest BCUT2D eigenvalue weighted by molar-refractivity contribution is 9.09. The Morgan fingerprint density at radius 1 is 1.58 bits per heavy atom. The van der Waals surface area contributed by atoms with Crippen LogP contribution in [0.5, 0.6) is 0 Å². The number of aryl methyl sites for hydroxylation is 1. The van der Waals surface area contributed by atoms with Crippen LogP contribution in [0.1, 0.15) is 23.6 Å². The molecule has 0 aliphatic carbocycles. The number of hydrogen-bond acceptors (Lipinski definition) is 1. The molecule has 0 nitrogen and oxygen atoms in total. The molecule has 1 heterocycles. The maximum Gasteiger partial charge on any atom is 0.0272 e. The van der Waals surface area contributed by atoms with E-state index in [0.717, 1.165) is 11.8 Å². The quantitative estimate of drug-likeness (QED) is 0.703. The van der Waals surface area contributed by atoms with Gasteiger partial charge in [0.1, 0.15) is 0 Å². The number of alkyl halides is 1. The third-order valence-corrected chi connectivity index (χ3v) is 3.69. The molecule has 1 aromatic rings. The van der Waals surface area contributed by atoms with Crippen molar-refractivity contribution in [1.82, 2.24) is 0 Å². The number of rotatable bonds is 3. The second kappa shape index (κ2) is 4.83. The summed E-state index contributed by atoms with van der Waals surface area (Å²) < 4.78 is 0. The SMILES string of the molecule is CCc1ccc(C=C(C)CBr)s1. The summed E-state index contributed by atoms with van der Waals surface area (Å²) >= 11 is 5.31. The van der Waals surface area contributed by atoms with Crippen LogP contribution in [-0.4, -0.2) is 5.33 Å². The first-order valence-electron chi connectivity index (χ1n) is 4.08. The molecule has 0 spiro atoms. The average molecular weight is 245 g/mol. The Bertz CT molecular complexity index is 273. The van der Waals surface area contributed by atoms with Gasteiger partial charge in [0.05, 0.1) is 0 Å². The predicted octanol–water partition coefficient (Wildman–Crippen LogP) is 4.11. The van der Waals surface area contributed by atoms with E-state index in [1.807, 2.05) is 11.3 Å². The van der Waals surface area contributed by atoms with Crippen molar-refractivity contribution in [3.8, 4) is 0 Å². The van der Waals surface area contributed by atoms with Gasteiger partial charge in [-0.2, -0.15) is 0 Å². The van der Waals surface area contributed by atoms with Crippen molar-refractivity contribution in [2.75, 3.05) is 5.33 Å². The van der Waals surface area contributed by atoms with Crippen molar-refractivity contribution < 1.29 is 0 Å². The van der Waals surface area contributed by atoms with Gasteiger partial charge in [-0.1, -0.05) is 28.4 Å². The molecule has 2 heteroatoms. The zero-order chi connectivity index (χ0) is 8.97. The molecule has 1 aromatic heterocycles. The zero-order valence-electron chi connectivity index (χ0n) is 7.43. The summed E-state index contributed by atoms with van der Waals surface area (Å²) in [4.78, 5) is 2.83. The minimum Gasteiger partial charge on any atom is -0.141 e. The van der Waals surface area contributed by atoms with E-state index in [-0.39, 0.29) is 0 Å². The lowest BCUT2D eigenvalue weighted by atomic mass is 10.3. The molecular formula is C10H13BrS. The Labute approximate surface area is 86.4 Å². The Morgan fingerprint density at radius 2 is 2.33 bits per heavy atom. The summed E-state index contributed by atoms with van der Waals surface area (Å²) in [6, 6.07) is 4.40. The second-order valence-corrected chi connectivity index (χ2v) is 4.54. The van der Waals surface area contributed by atoms with Crippen LogP contribution in [-0.2, 0) is 6.42 Å². The fourth-order valence-corrected chi connectivity index (χ4v) is 2.08. The number of thiophene rings is 1. The third-order valence-electron chi connectivity index (χ3n) is 1.63. The number of halogens is 1. The molecule has 12 heavy (non-hydrogen) atoms. The lowest BCUT2D eigenvalue weighted by Gasteiger charge is -1.90. The highest BCUT2D eigenvalue weighted by Crippen LogP contribution is 2.19. The van der Waals surface area contributed by atoms with Gasteiger partial charge in [0.15, 0.2) is 0 Å². The number of allylic oxidation sites excluding steroid dienone is 1. The van der Waals surface area contributed by atoms with Crippen molar-refractivity contribution in [1.29, 1.82) is 0 Å². The molecule has 1 rings (SSSR count). The van der Waals surface area contributed by atoms with Crippen LogP contribution in [0.4, 0.5) is 0 Å². The van der Waals surface area contributed by atoms with E-state index in [1.54, 1.807) is 0 Å². The lowest BCUT2D eigenvalue weighted by Crippen LogP contribution is -1.72. The molecule has 0 aromatic carbocycles. The first kappa shape index (κ1) is 10.0. The molecule has 0 fully saturated rings. The fourth-order valence-electron chi connectivity index (χ4n) is 0.944. The molecule has 0 radical (unpaired) electrons. The van der Waals surface area contributed by atoms with Crippen LogP contribution >= 0.6 is 27.3 Å². The lowest BCUT2D eigenvalue weighted by molar-refractivity contribution is 1.19. The van der Waals surface area contributed by atoms with Gasteiger partial charge < -0.3 is 0 Å². The van der Waals surface area contributed by atoms with Crippen molar-refractivity contribution in [3.05, 3.63) is 27.5 Å². The van der Waals surface area contributed by atoms with Gasteiger partial charge >= 0.3 is 0 Å². The van der Waals surface area contributed by atoms with Gasteiger partial charge in [-0.15, -0.1) is 11.3 Å². The Hall–Kier alpha value is -0.0800. The monoisotopic (exact) mass is 244 g/mol. The number of hydrogen-bond donors (Lipinski definition) is 0. The summed E-state index contributed by atoms with van der Waals surface area (Å²) in [6.07, 6.45) is 3.38. The standard InChI is InChI=1S/C10H13BrS/c1-3-9-4-5-10(12-9)6-8(2)7-11/h4-6H,3,7H2,1-2H3. The van der Waals surface area contributed by atoms with E-state index in [0.29, 0.717) is 0 Å². The largest absolute Gasteiger partial charge is 0.141 e. The molecule has 0 unspecified atom stereocenters. The van der Waals surface area contributed by atoms with E-state index >= 15 is 0 Å². The molecule has 66 valence electrons. The molecule has 0 saturated carbocycles. The van der Waals surface area contributed by atoms with E-state index < -0.39 is 0 Å². The van der Waals surface area contributed by atoms with Crippen LogP contribution < -0.4 is 0 Å². The topological polar surface area (TPSA) is 0 Å². The van der Waals surface area contributed by atoms with Crippen LogP contribution in [0, 0.1) is 0 Å². The third kappa shape index (κ3) is 2.76. The molecule has 0 aliphatic heterocycles. The maximum absolute atomic E-state index is 3.43. The van der Waals surface area contributed by atoms with Crippen LogP contribution in [0.2, 0.25) is 0 Å². The molecule has 0 aliphatic rings. The van der Waals surface area contributed by atoms with Gasteiger partial charge in [0, 0.05) is 15.1 Å². The van der Waals surface area contributed by atoms with Gasteiger partial charge in [0.25, 0.3) is 0 Å². The van der Waals surface area contributed by atoms with Gasteiger partial charge in [-0.3, -0.25) is 0 Å². The van der Waals surface area contributed by atoms with Crippen LogP contribution in [0.3, 0.4) is 0 Å².